The maximum Gasteiger partial charge on any atom is 0.307 e. The van der Waals surface area contributed by atoms with Gasteiger partial charge in [0, 0.05) is 38.8 Å². The van der Waals surface area contributed by atoms with Crippen molar-refractivity contribution in [1.29, 1.82) is 0 Å². The first-order valence-corrected chi connectivity index (χ1v) is 9.44. The molecule has 4 nitrogen and oxygen atoms in total. The Labute approximate surface area is 156 Å². The van der Waals surface area contributed by atoms with E-state index < -0.39 is 0 Å². The molecular weight excluding hydrogens is 324 g/mol. The van der Waals surface area contributed by atoms with Gasteiger partial charge in [0.1, 0.15) is 0 Å². The molecule has 0 spiro atoms. The zero-order chi connectivity index (χ0) is 18.2. The highest BCUT2D eigenvalue weighted by atomic mass is 16.5. The third kappa shape index (κ3) is 5.41. The minimum atomic E-state index is -0.0999. The van der Waals surface area contributed by atoms with Gasteiger partial charge in [-0.05, 0) is 18.1 Å². The molecule has 1 unspecified atom stereocenters. The summed E-state index contributed by atoms with van der Waals surface area (Å²) in [5, 5.41) is 0. The topological polar surface area (TPSA) is 32.8 Å². The van der Waals surface area contributed by atoms with Crippen LogP contribution in [0.1, 0.15) is 24.5 Å². The predicted octanol–water partition coefficient (Wildman–Crippen LogP) is 3.33. The molecule has 0 bridgehead atoms. The fourth-order valence-electron chi connectivity index (χ4n) is 3.57. The highest BCUT2D eigenvalue weighted by Gasteiger charge is 2.29. The second-order valence-corrected chi connectivity index (χ2v) is 6.84. The minimum absolute atomic E-state index is 0.0999. The van der Waals surface area contributed by atoms with Gasteiger partial charge in [-0.3, -0.25) is 14.6 Å². The minimum Gasteiger partial charge on any atom is -0.466 e. The second kappa shape index (κ2) is 9.51. The molecule has 0 saturated carbocycles. The van der Waals surface area contributed by atoms with Gasteiger partial charge >= 0.3 is 5.97 Å². The average Bonchev–Trinajstić information content (AvgIpc) is 2.66. The molecule has 1 aliphatic rings. The van der Waals surface area contributed by atoms with E-state index in [1.807, 2.05) is 19.1 Å². The summed E-state index contributed by atoms with van der Waals surface area (Å²) in [7, 11) is 0. The number of ether oxygens (including phenoxy) is 1. The van der Waals surface area contributed by atoms with Crippen molar-refractivity contribution in [2.45, 2.75) is 32.5 Å². The third-order valence-electron chi connectivity index (χ3n) is 4.87. The predicted molar refractivity (Wildman–Crippen MR) is 104 cm³/mol. The van der Waals surface area contributed by atoms with Gasteiger partial charge in [-0.2, -0.15) is 0 Å². The van der Waals surface area contributed by atoms with Crippen molar-refractivity contribution in [3.63, 3.8) is 0 Å². The van der Waals surface area contributed by atoms with Crippen LogP contribution in [0.2, 0.25) is 0 Å². The van der Waals surface area contributed by atoms with E-state index in [0.717, 1.165) is 32.7 Å². The molecular formula is C22H28N2O2. The van der Waals surface area contributed by atoms with E-state index in [9.17, 15) is 4.79 Å². The Morgan fingerprint density at radius 1 is 0.962 bits per heavy atom. The van der Waals surface area contributed by atoms with Crippen LogP contribution in [0.15, 0.2) is 60.7 Å². The molecule has 3 rings (SSSR count). The Hall–Kier alpha value is -2.17. The van der Waals surface area contributed by atoms with E-state index in [1.165, 1.54) is 11.1 Å². The molecule has 26 heavy (non-hydrogen) atoms. The van der Waals surface area contributed by atoms with E-state index in [-0.39, 0.29) is 12.0 Å². The number of carbonyl (C=O) groups excluding carboxylic acids is 1. The molecule has 1 fully saturated rings. The van der Waals surface area contributed by atoms with Crippen LogP contribution in [0.3, 0.4) is 0 Å². The molecule has 0 aromatic heterocycles. The Bertz CT molecular complexity index is 675. The first kappa shape index (κ1) is 18.6. The zero-order valence-corrected chi connectivity index (χ0v) is 15.5. The summed E-state index contributed by atoms with van der Waals surface area (Å²) in [5.74, 6) is -0.0999. The van der Waals surface area contributed by atoms with Crippen molar-refractivity contribution in [3.8, 4) is 0 Å². The Balaban J connectivity index is 1.66. The van der Waals surface area contributed by atoms with Gasteiger partial charge < -0.3 is 4.74 Å². The van der Waals surface area contributed by atoms with Crippen molar-refractivity contribution < 1.29 is 9.53 Å². The smallest absolute Gasteiger partial charge is 0.307 e. The van der Waals surface area contributed by atoms with Crippen LogP contribution in [-0.4, -0.2) is 48.1 Å². The van der Waals surface area contributed by atoms with Crippen LogP contribution in [0.4, 0.5) is 0 Å². The first-order valence-electron chi connectivity index (χ1n) is 9.44. The van der Waals surface area contributed by atoms with Crippen molar-refractivity contribution in [2.24, 2.45) is 0 Å². The summed E-state index contributed by atoms with van der Waals surface area (Å²) in [6.45, 7) is 6.98. The molecule has 0 N–H and O–H groups in total. The van der Waals surface area contributed by atoms with Gasteiger partial charge in [-0.1, -0.05) is 60.7 Å². The quantitative estimate of drug-likeness (QED) is 0.716. The number of piperazine rings is 1. The summed E-state index contributed by atoms with van der Waals surface area (Å²) in [5.41, 5.74) is 2.61. The van der Waals surface area contributed by atoms with Crippen LogP contribution in [0, 0.1) is 0 Å². The fraction of sp³-hybridized carbons (Fsp3) is 0.409. The average molecular weight is 352 g/mol. The van der Waals surface area contributed by atoms with Crippen LogP contribution < -0.4 is 0 Å². The summed E-state index contributed by atoms with van der Waals surface area (Å²) < 4.78 is 5.21. The lowest BCUT2D eigenvalue weighted by atomic mass is 10.1. The molecule has 138 valence electrons. The number of hydrogen-bond donors (Lipinski definition) is 0. The number of nitrogens with zero attached hydrogens (tertiary/aromatic N) is 2. The second-order valence-electron chi connectivity index (χ2n) is 6.84. The van der Waals surface area contributed by atoms with Crippen molar-refractivity contribution in [2.75, 3.05) is 26.2 Å². The number of hydrogen-bond acceptors (Lipinski definition) is 4. The molecule has 0 amide bonds. The SMILES string of the molecule is CCOC(=O)CC1CN(Cc2ccccc2)CCN1Cc1ccccc1. The molecule has 1 heterocycles. The first-order chi connectivity index (χ1) is 12.7. The van der Waals surface area contributed by atoms with Gasteiger partial charge in [0.15, 0.2) is 0 Å². The van der Waals surface area contributed by atoms with E-state index in [1.54, 1.807) is 0 Å². The van der Waals surface area contributed by atoms with Crippen molar-refractivity contribution in [3.05, 3.63) is 71.8 Å². The zero-order valence-electron chi connectivity index (χ0n) is 15.5. The summed E-state index contributed by atoms with van der Waals surface area (Å²) in [6.07, 6.45) is 0.450. The number of carbonyl (C=O) groups is 1. The molecule has 2 aromatic rings. The van der Waals surface area contributed by atoms with Crippen LogP contribution in [-0.2, 0) is 22.6 Å². The monoisotopic (exact) mass is 352 g/mol. The number of rotatable bonds is 7. The molecule has 2 aromatic carbocycles. The van der Waals surface area contributed by atoms with Crippen molar-refractivity contribution in [1.82, 2.24) is 9.80 Å². The summed E-state index contributed by atoms with van der Waals surface area (Å²) >= 11 is 0. The van der Waals surface area contributed by atoms with E-state index >= 15 is 0 Å². The van der Waals surface area contributed by atoms with E-state index in [2.05, 4.69) is 58.3 Å². The van der Waals surface area contributed by atoms with Crippen LogP contribution >= 0.6 is 0 Å². The fourth-order valence-corrected chi connectivity index (χ4v) is 3.57. The Morgan fingerprint density at radius 3 is 2.19 bits per heavy atom. The molecule has 1 atom stereocenters. The normalized spacial score (nSPS) is 18.6. The standard InChI is InChI=1S/C22H28N2O2/c1-2-26-22(25)15-21-18-23(16-19-9-5-3-6-10-19)13-14-24(21)17-20-11-7-4-8-12-20/h3-12,21H,2,13-18H2,1H3. The summed E-state index contributed by atoms with van der Waals surface area (Å²) in [6, 6.07) is 21.2. The highest BCUT2D eigenvalue weighted by molar-refractivity contribution is 5.70. The molecule has 4 heteroatoms. The molecule has 0 radical (unpaired) electrons. The van der Waals surface area contributed by atoms with Crippen LogP contribution in [0.25, 0.3) is 0 Å². The maximum absolute atomic E-state index is 12.1. The lowest BCUT2D eigenvalue weighted by Gasteiger charge is -2.41. The third-order valence-corrected chi connectivity index (χ3v) is 4.87. The Kier molecular flexibility index (Phi) is 6.81. The van der Waals surface area contributed by atoms with Crippen LogP contribution in [0.5, 0.6) is 0 Å². The van der Waals surface area contributed by atoms with Gasteiger partial charge in [0.2, 0.25) is 0 Å². The Morgan fingerprint density at radius 2 is 1.58 bits per heavy atom. The lowest BCUT2D eigenvalue weighted by molar-refractivity contribution is -0.145. The maximum atomic E-state index is 12.1. The molecule has 1 saturated heterocycles. The van der Waals surface area contributed by atoms with Gasteiger partial charge in [0.05, 0.1) is 13.0 Å². The summed E-state index contributed by atoms with van der Waals surface area (Å²) in [4.78, 5) is 17.0. The number of benzene rings is 2. The van der Waals surface area contributed by atoms with Gasteiger partial charge in [0.25, 0.3) is 0 Å². The highest BCUT2D eigenvalue weighted by Crippen LogP contribution is 2.19. The number of esters is 1. The lowest BCUT2D eigenvalue weighted by Crippen LogP contribution is -2.53. The molecule has 0 aliphatic carbocycles. The van der Waals surface area contributed by atoms with E-state index in [0.29, 0.717) is 13.0 Å². The molecule has 1 aliphatic heterocycles. The van der Waals surface area contributed by atoms with Crippen molar-refractivity contribution >= 4 is 5.97 Å². The van der Waals surface area contributed by atoms with Gasteiger partial charge in [-0.15, -0.1) is 0 Å². The van der Waals surface area contributed by atoms with Gasteiger partial charge in [-0.25, -0.2) is 0 Å². The largest absolute Gasteiger partial charge is 0.466 e. The van der Waals surface area contributed by atoms with E-state index in [4.69, 9.17) is 4.74 Å².